The SMILES string of the molecule is CCNCCNCCNC(=O)C(C)CC. The molecular weight excluding hydrogens is 190 g/mol. The molecule has 15 heavy (non-hydrogen) atoms. The van der Waals surface area contributed by atoms with E-state index in [0.29, 0.717) is 0 Å². The zero-order chi connectivity index (χ0) is 11.5. The zero-order valence-corrected chi connectivity index (χ0v) is 10.2. The minimum absolute atomic E-state index is 0.131. The van der Waals surface area contributed by atoms with E-state index in [4.69, 9.17) is 0 Å². The molecule has 1 amide bonds. The Kier molecular flexibility index (Phi) is 9.52. The van der Waals surface area contributed by atoms with E-state index in [-0.39, 0.29) is 11.8 Å². The molecule has 3 N–H and O–H groups in total. The maximum atomic E-state index is 11.4. The number of amides is 1. The van der Waals surface area contributed by atoms with Crippen LogP contribution in [0.1, 0.15) is 27.2 Å². The molecule has 0 aromatic heterocycles. The number of carbonyl (C=O) groups excluding carboxylic acids is 1. The van der Waals surface area contributed by atoms with Crippen molar-refractivity contribution in [2.75, 3.05) is 32.7 Å². The molecule has 0 bridgehead atoms. The molecule has 0 heterocycles. The van der Waals surface area contributed by atoms with Gasteiger partial charge in [-0.25, -0.2) is 0 Å². The molecule has 4 nitrogen and oxygen atoms in total. The van der Waals surface area contributed by atoms with E-state index in [1.54, 1.807) is 0 Å². The highest BCUT2D eigenvalue weighted by Crippen LogP contribution is 1.98. The summed E-state index contributed by atoms with van der Waals surface area (Å²) >= 11 is 0. The highest BCUT2D eigenvalue weighted by molar-refractivity contribution is 5.78. The van der Waals surface area contributed by atoms with Crippen molar-refractivity contribution >= 4 is 5.91 Å². The first-order chi connectivity index (χ1) is 7.22. The fourth-order valence-electron chi connectivity index (χ4n) is 1.11. The van der Waals surface area contributed by atoms with E-state index in [1.807, 2.05) is 13.8 Å². The standard InChI is InChI=1S/C11H25N3O/c1-4-10(3)11(15)14-9-8-13-7-6-12-5-2/h10,12-13H,4-9H2,1-3H3,(H,14,15). The monoisotopic (exact) mass is 215 g/mol. The van der Waals surface area contributed by atoms with Crippen LogP contribution in [0.25, 0.3) is 0 Å². The lowest BCUT2D eigenvalue weighted by molar-refractivity contribution is -0.124. The zero-order valence-electron chi connectivity index (χ0n) is 10.2. The van der Waals surface area contributed by atoms with Gasteiger partial charge in [0.05, 0.1) is 0 Å². The van der Waals surface area contributed by atoms with Crippen molar-refractivity contribution in [3.05, 3.63) is 0 Å². The van der Waals surface area contributed by atoms with E-state index >= 15 is 0 Å². The molecule has 0 aliphatic rings. The predicted molar refractivity (Wildman–Crippen MR) is 63.9 cm³/mol. The summed E-state index contributed by atoms with van der Waals surface area (Å²) < 4.78 is 0. The van der Waals surface area contributed by atoms with Crippen molar-refractivity contribution in [1.29, 1.82) is 0 Å². The van der Waals surface area contributed by atoms with Crippen LogP contribution in [0.15, 0.2) is 0 Å². The van der Waals surface area contributed by atoms with Gasteiger partial charge in [0.2, 0.25) is 5.91 Å². The molecule has 0 rings (SSSR count). The molecule has 0 saturated carbocycles. The van der Waals surface area contributed by atoms with Gasteiger partial charge in [0.25, 0.3) is 0 Å². The van der Waals surface area contributed by atoms with Crippen molar-refractivity contribution in [3.8, 4) is 0 Å². The average Bonchev–Trinajstić information content (AvgIpc) is 2.26. The number of rotatable bonds is 9. The lowest BCUT2D eigenvalue weighted by atomic mass is 10.1. The third-order valence-corrected chi connectivity index (χ3v) is 2.39. The van der Waals surface area contributed by atoms with E-state index in [0.717, 1.165) is 39.1 Å². The maximum absolute atomic E-state index is 11.4. The van der Waals surface area contributed by atoms with Gasteiger partial charge in [-0.2, -0.15) is 0 Å². The van der Waals surface area contributed by atoms with Gasteiger partial charge in [-0.05, 0) is 13.0 Å². The molecule has 0 fully saturated rings. The third kappa shape index (κ3) is 8.39. The summed E-state index contributed by atoms with van der Waals surface area (Å²) in [6.45, 7) is 10.6. The fourth-order valence-corrected chi connectivity index (χ4v) is 1.11. The van der Waals surface area contributed by atoms with Gasteiger partial charge in [0.1, 0.15) is 0 Å². The van der Waals surface area contributed by atoms with Crippen LogP contribution in [0.2, 0.25) is 0 Å². The minimum Gasteiger partial charge on any atom is -0.355 e. The summed E-state index contributed by atoms with van der Waals surface area (Å²) in [5, 5.41) is 9.38. The average molecular weight is 215 g/mol. The highest BCUT2D eigenvalue weighted by Gasteiger charge is 2.08. The van der Waals surface area contributed by atoms with Gasteiger partial charge in [0.15, 0.2) is 0 Å². The van der Waals surface area contributed by atoms with Crippen LogP contribution >= 0.6 is 0 Å². The Labute approximate surface area is 93.2 Å². The van der Waals surface area contributed by atoms with Crippen LogP contribution in [-0.2, 0) is 4.79 Å². The van der Waals surface area contributed by atoms with Crippen LogP contribution in [0.4, 0.5) is 0 Å². The summed E-state index contributed by atoms with van der Waals surface area (Å²) in [4.78, 5) is 11.4. The molecule has 4 heteroatoms. The Hall–Kier alpha value is -0.610. The number of nitrogens with one attached hydrogen (secondary N) is 3. The summed E-state index contributed by atoms with van der Waals surface area (Å²) in [6.07, 6.45) is 0.902. The first-order valence-electron chi connectivity index (χ1n) is 5.91. The Morgan fingerprint density at radius 3 is 2.27 bits per heavy atom. The second-order valence-corrected chi connectivity index (χ2v) is 3.70. The van der Waals surface area contributed by atoms with Crippen molar-refractivity contribution in [2.45, 2.75) is 27.2 Å². The van der Waals surface area contributed by atoms with E-state index in [9.17, 15) is 4.79 Å². The molecule has 0 radical (unpaired) electrons. The van der Waals surface area contributed by atoms with Gasteiger partial charge in [-0.15, -0.1) is 0 Å². The van der Waals surface area contributed by atoms with Crippen LogP contribution in [0.3, 0.4) is 0 Å². The highest BCUT2D eigenvalue weighted by atomic mass is 16.1. The molecular formula is C11H25N3O. The molecule has 0 spiro atoms. The normalized spacial score (nSPS) is 12.5. The first kappa shape index (κ1) is 14.4. The maximum Gasteiger partial charge on any atom is 0.222 e. The number of hydrogen-bond acceptors (Lipinski definition) is 3. The van der Waals surface area contributed by atoms with E-state index in [2.05, 4.69) is 22.9 Å². The Balaban J connectivity index is 3.20. The van der Waals surface area contributed by atoms with Crippen LogP contribution in [-0.4, -0.2) is 38.6 Å². The van der Waals surface area contributed by atoms with E-state index in [1.165, 1.54) is 0 Å². The second kappa shape index (κ2) is 9.93. The molecule has 0 aliphatic heterocycles. The number of hydrogen-bond donors (Lipinski definition) is 3. The van der Waals surface area contributed by atoms with Gasteiger partial charge < -0.3 is 16.0 Å². The smallest absolute Gasteiger partial charge is 0.222 e. The largest absolute Gasteiger partial charge is 0.355 e. The first-order valence-corrected chi connectivity index (χ1v) is 5.91. The second-order valence-electron chi connectivity index (χ2n) is 3.70. The van der Waals surface area contributed by atoms with Crippen LogP contribution in [0.5, 0.6) is 0 Å². The molecule has 90 valence electrons. The van der Waals surface area contributed by atoms with E-state index < -0.39 is 0 Å². The van der Waals surface area contributed by atoms with Crippen molar-refractivity contribution in [1.82, 2.24) is 16.0 Å². The lowest BCUT2D eigenvalue weighted by Gasteiger charge is -2.10. The van der Waals surface area contributed by atoms with Crippen LogP contribution < -0.4 is 16.0 Å². The van der Waals surface area contributed by atoms with Gasteiger partial charge in [0, 0.05) is 32.1 Å². The number of carbonyl (C=O) groups is 1. The fraction of sp³-hybridized carbons (Fsp3) is 0.909. The summed E-state index contributed by atoms with van der Waals surface area (Å²) in [5.41, 5.74) is 0. The molecule has 0 saturated heterocycles. The Bertz CT molecular complexity index is 162. The molecule has 0 aromatic carbocycles. The number of likely N-dealkylation sites (N-methyl/N-ethyl adjacent to an activating group) is 1. The summed E-state index contributed by atoms with van der Waals surface area (Å²) in [5.74, 6) is 0.290. The van der Waals surface area contributed by atoms with Crippen LogP contribution in [0, 0.1) is 5.92 Å². The Morgan fingerprint density at radius 1 is 1.07 bits per heavy atom. The quantitative estimate of drug-likeness (QED) is 0.486. The van der Waals surface area contributed by atoms with Crippen molar-refractivity contribution in [3.63, 3.8) is 0 Å². The van der Waals surface area contributed by atoms with Gasteiger partial charge in [-0.1, -0.05) is 20.8 Å². The van der Waals surface area contributed by atoms with Crippen molar-refractivity contribution < 1.29 is 4.79 Å². The van der Waals surface area contributed by atoms with Gasteiger partial charge in [-0.3, -0.25) is 4.79 Å². The summed E-state index contributed by atoms with van der Waals surface area (Å²) in [6, 6.07) is 0. The topological polar surface area (TPSA) is 53.2 Å². The lowest BCUT2D eigenvalue weighted by Crippen LogP contribution is -2.36. The summed E-state index contributed by atoms with van der Waals surface area (Å²) in [7, 11) is 0. The minimum atomic E-state index is 0.131. The van der Waals surface area contributed by atoms with Gasteiger partial charge >= 0.3 is 0 Å². The molecule has 0 aliphatic carbocycles. The molecule has 0 aromatic rings. The predicted octanol–water partition coefficient (Wildman–Crippen LogP) is 0.348. The molecule has 1 atom stereocenters. The third-order valence-electron chi connectivity index (χ3n) is 2.39. The Morgan fingerprint density at radius 2 is 1.67 bits per heavy atom. The molecule has 1 unspecified atom stereocenters. The van der Waals surface area contributed by atoms with Crippen molar-refractivity contribution in [2.24, 2.45) is 5.92 Å².